The van der Waals surface area contributed by atoms with Crippen LogP contribution in [0.1, 0.15) is 50.3 Å². The normalized spacial score (nSPS) is 14.8. The van der Waals surface area contributed by atoms with E-state index in [2.05, 4.69) is 44.3 Å². The number of ether oxygens (including phenoxy) is 1. The van der Waals surface area contributed by atoms with Gasteiger partial charge in [0.25, 0.3) is 0 Å². The van der Waals surface area contributed by atoms with Crippen LogP contribution in [0, 0.1) is 0 Å². The summed E-state index contributed by atoms with van der Waals surface area (Å²) in [6.45, 7) is 7.26. The Morgan fingerprint density at radius 3 is 2.38 bits per heavy atom. The molecular formula is C21H29NO2. The Kier molecular flexibility index (Phi) is 7.29. The maximum atomic E-state index is 10.2. The first-order valence-electron chi connectivity index (χ1n) is 8.80. The Balaban J connectivity index is 1.82. The minimum Gasteiger partial charge on any atom is -0.491 e. The molecule has 0 spiro atoms. The summed E-state index contributed by atoms with van der Waals surface area (Å²) in [7, 11) is 0. The molecule has 2 rings (SSSR count). The van der Waals surface area contributed by atoms with E-state index < -0.39 is 6.10 Å². The molecule has 3 atom stereocenters. The maximum Gasteiger partial charge on any atom is 0.122 e. The molecule has 0 unspecified atom stereocenters. The molecule has 130 valence electrons. The SMILES string of the molecule is CC[C@H](C)c1ccccc1OC[C@H](O)CN[C@H](C)c1ccccc1. The average molecular weight is 327 g/mol. The number of hydrogen-bond donors (Lipinski definition) is 2. The highest BCUT2D eigenvalue weighted by molar-refractivity contribution is 5.35. The fraction of sp³-hybridized carbons (Fsp3) is 0.429. The zero-order valence-corrected chi connectivity index (χ0v) is 14.9. The van der Waals surface area contributed by atoms with Crippen LogP contribution in [0.4, 0.5) is 0 Å². The Labute approximate surface area is 145 Å². The van der Waals surface area contributed by atoms with E-state index in [4.69, 9.17) is 4.74 Å². The molecule has 2 aromatic rings. The third-order valence-corrected chi connectivity index (χ3v) is 4.45. The lowest BCUT2D eigenvalue weighted by molar-refractivity contribution is 0.103. The molecule has 0 heterocycles. The Bertz CT molecular complexity index is 600. The van der Waals surface area contributed by atoms with Crippen molar-refractivity contribution in [1.82, 2.24) is 5.32 Å². The minimum atomic E-state index is -0.541. The number of para-hydroxylation sites is 1. The Morgan fingerprint density at radius 1 is 1.00 bits per heavy atom. The van der Waals surface area contributed by atoms with E-state index in [-0.39, 0.29) is 6.04 Å². The lowest BCUT2D eigenvalue weighted by atomic mass is 9.98. The van der Waals surface area contributed by atoms with Gasteiger partial charge in [0.1, 0.15) is 18.5 Å². The van der Waals surface area contributed by atoms with Crippen LogP contribution in [0.25, 0.3) is 0 Å². The molecule has 0 aliphatic heterocycles. The molecule has 0 saturated carbocycles. The fourth-order valence-corrected chi connectivity index (χ4v) is 2.66. The summed E-state index contributed by atoms with van der Waals surface area (Å²) in [5.41, 5.74) is 2.42. The molecule has 0 aromatic heterocycles. The highest BCUT2D eigenvalue weighted by atomic mass is 16.5. The molecule has 3 nitrogen and oxygen atoms in total. The summed E-state index contributed by atoms with van der Waals surface area (Å²) < 4.78 is 5.87. The third-order valence-electron chi connectivity index (χ3n) is 4.45. The van der Waals surface area contributed by atoms with E-state index in [1.165, 1.54) is 11.1 Å². The van der Waals surface area contributed by atoms with Crippen molar-refractivity contribution < 1.29 is 9.84 Å². The van der Waals surface area contributed by atoms with Crippen molar-refractivity contribution in [3.63, 3.8) is 0 Å². The second kappa shape index (κ2) is 9.45. The highest BCUT2D eigenvalue weighted by Gasteiger charge is 2.12. The van der Waals surface area contributed by atoms with Crippen LogP contribution in [0.15, 0.2) is 54.6 Å². The van der Waals surface area contributed by atoms with Gasteiger partial charge in [0.2, 0.25) is 0 Å². The van der Waals surface area contributed by atoms with E-state index in [1.807, 2.05) is 36.4 Å². The van der Waals surface area contributed by atoms with Gasteiger partial charge in [-0.2, -0.15) is 0 Å². The minimum absolute atomic E-state index is 0.202. The van der Waals surface area contributed by atoms with E-state index >= 15 is 0 Å². The van der Waals surface area contributed by atoms with Gasteiger partial charge in [0.15, 0.2) is 0 Å². The smallest absolute Gasteiger partial charge is 0.122 e. The van der Waals surface area contributed by atoms with Gasteiger partial charge in [-0.05, 0) is 36.5 Å². The predicted molar refractivity (Wildman–Crippen MR) is 99.5 cm³/mol. The van der Waals surface area contributed by atoms with Crippen molar-refractivity contribution in [3.8, 4) is 5.75 Å². The van der Waals surface area contributed by atoms with Gasteiger partial charge < -0.3 is 15.2 Å². The average Bonchev–Trinajstić information content (AvgIpc) is 2.64. The summed E-state index contributed by atoms with van der Waals surface area (Å²) in [4.78, 5) is 0. The molecular weight excluding hydrogens is 298 g/mol. The van der Waals surface area contributed by atoms with Crippen LogP contribution in [-0.2, 0) is 0 Å². The zero-order valence-electron chi connectivity index (χ0n) is 14.9. The molecule has 0 aliphatic rings. The van der Waals surface area contributed by atoms with Gasteiger partial charge in [-0.1, -0.05) is 62.4 Å². The van der Waals surface area contributed by atoms with Gasteiger partial charge in [-0.3, -0.25) is 0 Å². The van der Waals surface area contributed by atoms with Gasteiger partial charge in [0.05, 0.1) is 0 Å². The lowest BCUT2D eigenvalue weighted by Gasteiger charge is -2.20. The van der Waals surface area contributed by atoms with Crippen LogP contribution < -0.4 is 10.1 Å². The fourth-order valence-electron chi connectivity index (χ4n) is 2.66. The van der Waals surface area contributed by atoms with Crippen molar-refractivity contribution in [2.75, 3.05) is 13.2 Å². The van der Waals surface area contributed by atoms with Gasteiger partial charge >= 0.3 is 0 Å². The molecule has 2 aromatic carbocycles. The van der Waals surface area contributed by atoms with Crippen molar-refractivity contribution in [2.24, 2.45) is 0 Å². The van der Waals surface area contributed by atoms with Crippen molar-refractivity contribution in [2.45, 2.75) is 45.3 Å². The van der Waals surface area contributed by atoms with Crippen LogP contribution in [0.5, 0.6) is 5.75 Å². The van der Waals surface area contributed by atoms with Crippen molar-refractivity contribution in [1.29, 1.82) is 0 Å². The molecule has 24 heavy (non-hydrogen) atoms. The number of nitrogens with one attached hydrogen (secondary N) is 1. The lowest BCUT2D eigenvalue weighted by Crippen LogP contribution is -2.33. The van der Waals surface area contributed by atoms with Gasteiger partial charge in [-0.15, -0.1) is 0 Å². The second-order valence-corrected chi connectivity index (χ2v) is 6.35. The Morgan fingerprint density at radius 2 is 1.67 bits per heavy atom. The van der Waals surface area contributed by atoms with Crippen LogP contribution >= 0.6 is 0 Å². The highest BCUT2D eigenvalue weighted by Crippen LogP contribution is 2.28. The van der Waals surface area contributed by atoms with Crippen LogP contribution in [0.2, 0.25) is 0 Å². The van der Waals surface area contributed by atoms with Gasteiger partial charge in [0, 0.05) is 12.6 Å². The molecule has 0 bridgehead atoms. The second-order valence-electron chi connectivity index (χ2n) is 6.35. The topological polar surface area (TPSA) is 41.5 Å². The summed E-state index contributed by atoms with van der Waals surface area (Å²) in [6, 6.07) is 18.5. The van der Waals surface area contributed by atoms with Crippen molar-refractivity contribution in [3.05, 3.63) is 65.7 Å². The van der Waals surface area contributed by atoms with Crippen LogP contribution in [0.3, 0.4) is 0 Å². The molecule has 0 fully saturated rings. The Hall–Kier alpha value is -1.84. The largest absolute Gasteiger partial charge is 0.491 e. The quantitative estimate of drug-likeness (QED) is 0.722. The summed E-state index contributed by atoms with van der Waals surface area (Å²) in [6.07, 6.45) is 0.528. The molecule has 0 amide bonds. The van der Waals surface area contributed by atoms with Gasteiger partial charge in [-0.25, -0.2) is 0 Å². The van der Waals surface area contributed by atoms with E-state index in [1.54, 1.807) is 0 Å². The van der Waals surface area contributed by atoms with E-state index in [0.717, 1.165) is 12.2 Å². The summed E-state index contributed by atoms with van der Waals surface area (Å²) >= 11 is 0. The predicted octanol–water partition coefficient (Wildman–Crippen LogP) is 4.29. The summed E-state index contributed by atoms with van der Waals surface area (Å²) in [5, 5.41) is 13.6. The van der Waals surface area contributed by atoms with E-state index in [0.29, 0.717) is 19.1 Å². The van der Waals surface area contributed by atoms with Crippen molar-refractivity contribution >= 4 is 0 Å². The maximum absolute atomic E-state index is 10.2. The number of aliphatic hydroxyl groups excluding tert-OH is 1. The first kappa shape index (κ1) is 18.5. The monoisotopic (exact) mass is 327 g/mol. The standard InChI is InChI=1S/C21H29NO2/c1-4-16(2)20-12-8-9-13-21(20)24-15-19(23)14-22-17(3)18-10-6-5-7-11-18/h5-13,16-17,19,22-23H,4,14-15H2,1-3H3/t16-,17+,19+/m0/s1. The number of aliphatic hydroxyl groups is 1. The molecule has 0 saturated heterocycles. The number of benzene rings is 2. The molecule has 2 N–H and O–H groups in total. The molecule has 0 aliphatic carbocycles. The van der Waals surface area contributed by atoms with Crippen LogP contribution in [-0.4, -0.2) is 24.4 Å². The van der Waals surface area contributed by atoms with E-state index in [9.17, 15) is 5.11 Å². The number of hydrogen-bond acceptors (Lipinski definition) is 3. The zero-order chi connectivity index (χ0) is 17.4. The third kappa shape index (κ3) is 5.36. The molecule has 3 heteroatoms. The first-order chi connectivity index (χ1) is 11.6. The summed E-state index contributed by atoms with van der Waals surface area (Å²) in [5.74, 6) is 1.33. The first-order valence-corrected chi connectivity index (χ1v) is 8.80. The molecule has 0 radical (unpaired) electrons. The number of rotatable bonds is 9.